The van der Waals surface area contributed by atoms with E-state index >= 15 is 0 Å². The Balaban J connectivity index is 1.97. The first-order chi connectivity index (χ1) is 9.69. The largest absolute Gasteiger partial charge is 0.464 e. The number of rotatable bonds is 2. The van der Waals surface area contributed by atoms with Crippen LogP contribution in [0.5, 0.6) is 0 Å². The van der Waals surface area contributed by atoms with Crippen LogP contribution < -0.4 is 10.3 Å². The van der Waals surface area contributed by atoms with E-state index in [4.69, 9.17) is 9.52 Å². The molecule has 0 saturated carbocycles. The Bertz CT molecular complexity index is 672. The highest BCUT2D eigenvalue weighted by atomic mass is 16.3. The van der Waals surface area contributed by atoms with Crippen molar-refractivity contribution in [2.75, 3.05) is 38.1 Å². The van der Waals surface area contributed by atoms with Crippen molar-refractivity contribution >= 4 is 16.7 Å². The first kappa shape index (κ1) is 13.1. The van der Waals surface area contributed by atoms with E-state index in [-0.39, 0.29) is 12.0 Å². The quantitative estimate of drug-likeness (QED) is 0.886. The summed E-state index contributed by atoms with van der Waals surface area (Å²) in [6, 6.07) is 5.64. The summed E-state index contributed by atoms with van der Waals surface area (Å²) in [4.78, 5) is 16.6. The third-order valence-electron chi connectivity index (χ3n) is 3.87. The molecule has 1 saturated heterocycles. The van der Waals surface area contributed by atoms with E-state index in [9.17, 15) is 4.79 Å². The van der Waals surface area contributed by atoms with Gasteiger partial charge in [-0.3, -0.25) is 4.79 Å². The Labute approximate surface area is 117 Å². The molecule has 0 aliphatic carbocycles. The van der Waals surface area contributed by atoms with Crippen molar-refractivity contribution in [1.29, 1.82) is 0 Å². The highest BCUT2D eigenvalue weighted by Gasteiger charge is 2.15. The summed E-state index contributed by atoms with van der Waals surface area (Å²) in [5.74, 6) is 0. The van der Waals surface area contributed by atoms with Gasteiger partial charge in [-0.25, -0.2) is 0 Å². The van der Waals surface area contributed by atoms with Gasteiger partial charge in [0, 0.05) is 37.9 Å². The molecule has 1 fully saturated rings. The minimum Gasteiger partial charge on any atom is -0.464 e. The van der Waals surface area contributed by atoms with Gasteiger partial charge in [-0.05, 0) is 19.2 Å². The summed E-state index contributed by atoms with van der Waals surface area (Å²) in [6.45, 7) is 3.72. The number of aliphatic hydroxyl groups is 1. The Kier molecular flexibility index (Phi) is 3.46. The molecule has 0 spiro atoms. The van der Waals surface area contributed by atoms with Gasteiger partial charge in [0.05, 0.1) is 17.6 Å². The third kappa shape index (κ3) is 2.30. The molecule has 5 nitrogen and oxygen atoms in total. The number of nitrogens with zero attached hydrogens (tertiary/aromatic N) is 2. The first-order valence-electron chi connectivity index (χ1n) is 6.78. The topological polar surface area (TPSA) is 56.9 Å². The lowest BCUT2D eigenvalue weighted by molar-refractivity contribution is 0.277. The number of fused-ring (bicyclic) bond motifs is 1. The molecule has 1 aliphatic heterocycles. The lowest BCUT2D eigenvalue weighted by Crippen LogP contribution is -2.44. The molecule has 0 unspecified atom stereocenters. The standard InChI is InChI=1S/C15H18N2O3/c1-16-4-6-17(7-5-16)12-2-3-13-14(8-12)20-10-11(9-18)15(13)19/h2-3,8,10,18H,4-7,9H2,1H3. The molecular weight excluding hydrogens is 256 g/mol. The third-order valence-corrected chi connectivity index (χ3v) is 3.87. The number of aliphatic hydroxyl groups excluding tert-OH is 1. The number of likely N-dealkylation sites (N-methyl/N-ethyl adjacent to an activating group) is 1. The summed E-state index contributed by atoms with van der Waals surface area (Å²) in [5.41, 5.74) is 1.79. The molecule has 0 amide bonds. The van der Waals surface area contributed by atoms with E-state index in [0.717, 1.165) is 31.9 Å². The zero-order valence-corrected chi connectivity index (χ0v) is 11.5. The van der Waals surface area contributed by atoms with Crippen LogP contribution in [0.15, 0.2) is 33.7 Å². The van der Waals surface area contributed by atoms with Gasteiger partial charge in [0.15, 0.2) is 5.43 Å². The molecule has 3 rings (SSSR count). The molecule has 0 bridgehead atoms. The zero-order chi connectivity index (χ0) is 14.1. The minimum absolute atomic E-state index is 0.154. The van der Waals surface area contributed by atoms with Crippen LogP contribution in [-0.2, 0) is 6.61 Å². The normalized spacial score (nSPS) is 16.8. The van der Waals surface area contributed by atoms with E-state index in [2.05, 4.69) is 16.8 Å². The van der Waals surface area contributed by atoms with Crippen molar-refractivity contribution in [3.05, 3.63) is 40.2 Å². The molecule has 20 heavy (non-hydrogen) atoms. The Morgan fingerprint density at radius 2 is 2.00 bits per heavy atom. The molecule has 0 radical (unpaired) electrons. The zero-order valence-electron chi connectivity index (χ0n) is 11.5. The molecule has 0 atom stereocenters. The fourth-order valence-electron chi connectivity index (χ4n) is 2.53. The molecular formula is C15H18N2O3. The molecule has 106 valence electrons. The molecule has 1 N–H and O–H groups in total. The number of benzene rings is 1. The van der Waals surface area contributed by atoms with E-state index in [1.807, 2.05) is 12.1 Å². The number of anilines is 1. The van der Waals surface area contributed by atoms with Crippen LogP contribution in [0.3, 0.4) is 0 Å². The van der Waals surface area contributed by atoms with Crippen molar-refractivity contribution in [2.24, 2.45) is 0 Å². The molecule has 1 aromatic carbocycles. The van der Waals surface area contributed by atoms with Gasteiger partial charge in [-0.15, -0.1) is 0 Å². The van der Waals surface area contributed by atoms with E-state index in [1.165, 1.54) is 6.26 Å². The summed E-state index contributed by atoms with van der Waals surface area (Å²) < 4.78 is 5.47. The minimum atomic E-state index is -0.293. The van der Waals surface area contributed by atoms with Crippen LogP contribution in [0, 0.1) is 0 Å². The average molecular weight is 274 g/mol. The summed E-state index contributed by atoms with van der Waals surface area (Å²) >= 11 is 0. The van der Waals surface area contributed by atoms with Crippen molar-refractivity contribution in [1.82, 2.24) is 4.90 Å². The van der Waals surface area contributed by atoms with Crippen LogP contribution in [-0.4, -0.2) is 43.2 Å². The number of hydrogen-bond acceptors (Lipinski definition) is 5. The Morgan fingerprint density at radius 3 is 2.70 bits per heavy atom. The predicted octanol–water partition coefficient (Wildman–Crippen LogP) is 1.04. The summed E-state index contributed by atoms with van der Waals surface area (Å²) in [7, 11) is 2.12. The van der Waals surface area contributed by atoms with Gasteiger partial charge < -0.3 is 19.3 Å². The monoisotopic (exact) mass is 274 g/mol. The number of hydrogen-bond donors (Lipinski definition) is 1. The predicted molar refractivity (Wildman–Crippen MR) is 78.1 cm³/mol. The first-order valence-corrected chi connectivity index (χ1v) is 6.78. The molecule has 1 aromatic heterocycles. The van der Waals surface area contributed by atoms with Crippen molar-refractivity contribution < 1.29 is 9.52 Å². The molecule has 2 aromatic rings. The molecule has 2 heterocycles. The summed E-state index contributed by atoms with van der Waals surface area (Å²) in [5, 5.41) is 9.61. The van der Waals surface area contributed by atoms with Gasteiger partial charge >= 0.3 is 0 Å². The lowest BCUT2D eigenvalue weighted by Gasteiger charge is -2.34. The van der Waals surface area contributed by atoms with Gasteiger partial charge in [-0.1, -0.05) is 0 Å². The highest BCUT2D eigenvalue weighted by Crippen LogP contribution is 2.22. The second kappa shape index (κ2) is 5.26. The van der Waals surface area contributed by atoms with Crippen molar-refractivity contribution in [2.45, 2.75) is 6.61 Å². The number of piperazine rings is 1. The van der Waals surface area contributed by atoms with Gasteiger partial charge in [0.2, 0.25) is 0 Å². The van der Waals surface area contributed by atoms with Crippen LogP contribution >= 0.6 is 0 Å². The van der Waals surface area contributed by atoms with Gasteiger partial charge in [0.1, 0.15) is 11.8 Å². The molecule has 5 heteroatoms. The highest BCUT2D eigenvalue weighted by molar-refractivity contribution is 5.81. The van der Waals surface area contributed by atoms with E-state index in [0.29, 0.717) is 16.5 Å². The van der Waals surface area contributed by atoms with Crippen molar-refractivity contribution in [3.8, 4) is 0 Å². The van der Waals surface area contributed by atoms with E-state index in [1.54, 1.807) is 6.07 Å². The Hall–Kier alpha value is -1.85. The smallest absolute Gasteiger partial charge is 0.198 e. The summed E-state index contributed by atoms with van der Waals surface area (Å²) in [6.07, 6.45) is 1.35. The van der Waals surface area contributed by atoms with Crippen LogP contribution in [0.25, 0.3) is 11.0 Å². The van der Waals surface area contributed by atoms with Crippen LogP contribution in [0.4, 0.5) is 5.69 Å². The van der Waals surface area contributed by atoms with Gasteiger partial charge in [0.25, 0.3) is 0 Å². The Morgan fingerprint density at radius 1 is 1.25 bits per heavy atom. The lowest BCUT2D eigenvalue weighted by atomic mass is 10.1. The fourth-order valence-corrected chi connectivity index (χ4v) is 2.53. The SMILES string of the molecule is CN1CCN(c2ccc3c(=O)c(CO)coc3c2)CC1. The maximum atomic E-state index is 12.0. The fraction of sp³-hybridized carbons (Fsp3) is 0.400. The maximum Gasteiger partial charge on any atom is 0.198 e. The maximum absolute atomic E-state index is 12.0. The van der Waals surface area contributed by atoms with Crippen LogP contribution in [0.1, 0.15) is 5.56 Å². The van der Waals surface area contributed by atoms with Crippen molar-refractivity contribution in [3.63, 3.8) is 0 Å². The van der Waals surface area contributed by atoms with Gasteiger partial charge in [-0.2, -0.15) is 0 Å². The second-order valence-electron chi connectivity index (χ2n) is 5.22. The van der Waals surface area contributed by atoms with Crippen LogP contribution in [0.2, 0.25) is 0 Å². The average Bonchev–Trinajstić information content (AvgIpc) is 2.48. The molecule has 1 aliphatic rings. The second-order valence-corrected chi connectivity index (χ2v) is 5.22. The van der Waals surface area contributed by atoms with E-state index < -0.39 is 0 Å².